The van der Waals surface area contributed by atoms with Crippen LogP contribution in [0.2, 0.25) is 0 Å². The summed E-state index contributed by atoms with van der Waals surface area (Å²) in [5.41, 5.74) is 15.6. The Balaban J connectivity index is 1.56. The minimum atomic E-state index is 0.148. The predicted molar refractivity (Wildman–Crippen MR) is 120 cm³/mol. The summed E-state index contributed by atoms with van der Waals surface area (Å²) in [6.45, 7) is 4.92. The number of halogens is 1. The van der Waals surface area contributed by atoms with Crippen LogP contribution in [0.1, 0.15) is 24.6 Å². The molecule has 0 radical (unpaired) electrons. The molecule has 1 aromatic heterocycles. The van der Waals surface area contributed by atoms with Crippen LogP contribution in [0.4, 0.5) is 11.8 Å². The Labute approximate surface area is 179 Å². The average molecular weight is 457 g/mol. The quantitative estimate of drug-likeness (QED) is 0.473. The Morgan fingerprint density at radius 3 is 2.31 bits per heavy atom. The lowest BCUT2D eigenvalue weighted by Gasteiger charge is -2.14. The van der Waals surface area contributed by atoms with E-state index < -0.39 is 0 Å². The number of rotatable bonds is 8. The number of hydrogen-bond donors (Lipinski definition) is 2. The molecule has 29 heavy (non-hydrogen) atoms. The van der Waals surface area contributed by atoms with Crippen molar-refractivity contribution < 1.29 is 9.47 Å². The molecule has 0 aliphatic heterocycles. The summed E-state index contributed by atoms with van der Waals surface area (Å²) in [7, 11) is 0. The van der Waals surface area contributed by atoms with E-state index in [0.29, 0.717) is 31.1 Å². The minimum Gasteiger partial charge on any atom is -0.493 e. The fraction of sp³-hybridized carbons (Fsp3) is 0.273. The molecule has 0 amide bonds. The van der Waals surface area contributed by atoms with Gasteiger partial charge in [0.15, 0.2) is 11.6 Å². The van der Waals surface area contributed by atoms with E-state index in [0.717, 1.165) is 16.6 Å². The third-order valence-corrected chi connectivity index (χ3v) is 5.02. The van der Waals surface area contributed by atoms with E-state index in [1.54, 1.807) is 6.92 Å². The van der Waals surface area contributed by atoms with E-state index >= 15 is 0 Å². The number of aromatic nitrogens is 2. The van der Waals surface area contributed by atoms with Gasteiger partial charge in [0.1, 0.15) is 5.75 Å². The van der Waals surface area contributed by atoms with Crippen molar-refractivity contribution in [2.75, 3.05) is 24.7 Å². The second-order valence-electron chi connectivity index (χ2n) is 6.62. The Morgan fingerprint density at radius 2 is 1.62 bits per heavy atom. The lowest BCUT2D eigenvalue weighted by atomic mass is 10.0. The molecule has 0 aliphatic rings. The maximum absolute atomic E-state index is 5.99. The van der Waals surface area contributed by atoms with E-state index in [4.69, 9.17) is 20.9 Å². The van der Waals surface area contributed by atoms with Crippen molar-refractivity contribution in [2.24, 2.45) is 0 Å². The van der Waals surface area contributed by atoms with Crippen LogP contribution in [0.3, 0.4) is 0 Å². The first-order valence-electron chi connectivity index (χ1n) is 9.52. The SMILES string of the molecule is CCc1cc(-c2ccc(Br)cc2)ccc1OCCCOc1c(C)nc(N)nc1N. The molecule has 0 unspecified atom stereocenters. The number of anilines is 2. The largest absolute Gasteiger partial charge is 0.493 e. The highest BCUT2D eigenvalue weighted by Crippen LogP contribution is 2.28. The van der Waals surface area contributed by atoms with Crippen LogP contribution in [0.15, 0.2) is 46.9 Å². The van der Waals surface area contributed by atoms with Crippen LogP contribution >= 0.6 is 15.9 Å². The summed E-state index contributed by atoms with van der Waals surface area (Å²) in [5.74, 6) is 1.79. The summed E-state index contributed by atoms with van der Waals surface area (Å²) in [4.78, 5) is 8.00. The predicted octanol–water partition coefficient (Wildman–Crippen LogP) is 4.79. The number of aryl methyl sites for hydroxylation is 2. The second kappa shape index (κ2) is 9.60. The Bertz CT molecular complexity index is 954. The summed E-state index contributed by atoms with van der Waals surface area (Å²) in [6, 6.07) is 14.6. The van der Waals surface area contributed by atoms with Gasteiger partial charge in [-0.2, -0.15) is 4.98 Å². The van der Waals surface area contributed by atoms with Gasteiger partial charge in [-0.25, -0.2) is 4.98 Å². The molecule has 2 aromatic carbocycles. The van der Waals surface area contributed by atoms with Crippen molar-refractivity contribution in [1.29, 1.82) is 0 Å². The van der Waals surface area contributed by atoms with Gasteiger partial charge in [0.05, 0.1) is 18.9 Å². The first-order chi connectivity index (χ1) is 14.0. The van der Waals surface area contributed by atoms with Crippen molar-refractivity contribution in [3.05, 3.63) is 58.2 Å². The van der Waals surface area contributed by atoms with Crippen LogP contribution < -0.4 is 20.9 Å². The number of nitrogens with two attached hydrogens (primary N) is 2. The highest BCUT2D eigenvalue weighted by Gasteiger charge is 2.10. The smallest absolute Gasteiger partial charge is 0.222 e. The van der Waals surface area contributed by atoms with E-state index in [1.807, 2.05) is 18.2 Å². The van der Waals surface area contributed by atoms with Crippen molar-refractivity contribution in [3.63, 3.8) is 0 Å². The monoisotopic (exact) mass is 456 g/mol. The summed E-state index contributed by atoms with van der Waals surface area (Å²) >= 11 is 3.48. The number of nitrogen functional groups attached to an aromatic ring is 2. The summed E-state index contributed by atoms with van der Waals surface area (Å²) in [6.07, 6.45) is 1.61. The molecular weight excluding hydrogens is 432 g/mol. The zero-order chi connectivity index (χ0) is 20.8. The highest BCUT2D eigenvalue weighted by atomic mass is 79.9. The molecule has 1 heterocycles. The number of benzene rings is 2. The second-order valence-corrected chi connectivity index (χ2v) is 7.53. The summed E-state index contributed by atoms with van der Waals surface area (Å²) in [5, 5.41) is 0. The van der Waals surface area contributed by atoms with Crippen molar-refractivity contribution >= 4 is 27.7 Å². The van der Waals surface area contributed by atoms with Gasteiger partial charge in [0.2, 0.25) is 5.95 Å². The maximum atomic E-state index is 5.99. The van der Waals surface area contributed by atoms with E-state index in [1.165, 1.54) is 16.7 Å². The minimum absolute atomic E-state index is 0.148. The number of ether oxygens (including phenoxy) is 2. The molecule has 4 N–H and O–H groups in total. The van der Waals surface area contributed by atoms with Crippen LogP contribution in [0.5, 0.6) is 11.5 Å². The third kappa shape index (κ3) is 5.38. The molecule has 0 spiro atoms. The Morgan fingerprint density at radius 1 is 0.931 bits per heavy atom. The van der Waals surface area contributed by atoms with Crippen LogP contribution in [-0.2, 0) is 6.42 Å². The van der Waals surface area contributed by atoms with Gasteiger partial charge in [-0.15, -0.1) is 0 Å². The van der Waals surface area contributed by atoms with Gasteiger partial charge in [0, 0.05) is 10.9 Å². The molecule has 0 saturated heterocycles. The average Bonchev–Trinajstić information content (AvgIpc) is 2.70. The lowest BCUT2D eigenvalue weighted by molar-refractivity contribution is 0.245. The number of nitrogens with zero attached hydrogens (tertiary/aromatic N) is 2. The summed E-state index contributed by atoms with van der Waals surface area (Å²) < 4.78 is 12.8. The standard InChI is InChI=1S/C22H25BrN4O2/c1-3-15-13-17(16-5-8-18(23)9-6-16)7-10-19(15)28-11-4-12-29-20-14(2)26-22(25)27-21(20)24/h5-10,13H,3-4,11-12H2,1-2H3,(H4,24,25,26,27). The zero-order valence-electron chi connectivity index (χ0n) is 16.6. The molecule has 7 heteroatoms. The fourth-order valence-corrected chi connectivity index (χ4v) is 3.28. The molecule has 3 rings (SSSR count). The lowest BCUT2D eigenvalue weighted by Crippen LogP contribution is -2.10. The molecule has 0 saturated carbocycles. The first-order valence-corrected chi connectivity index (χ1v) is 10.3. The van der Waals surface area contributed by atoms with E-state index in [2.05, 4.69) is 57.1 Å². The van der Waals surface area contributed by atoms with Gasteiger partial charge >= 0.3 is 0 Å². The van der Waals surface area contributed by atoms with Gasteiger partial charge in [-0.3, -0.25) is 0 Å². The van der Waals surface area contributed by atoms with Gasteiger partial charge in [-0.1, -0.05) is 41.1 Å². The normalized spacial score (nSPS) is 10.7. The maximum Gasteiger partial charge on any atom is 0.222 e. The third-order valence-electron chi connectivity index (χ3n) is 4.49. The van der Waals surface area contributed by atoms with E-state index in [-0.39, 0.29) is 11.8 Å². The van der Waals surface area contributed by atoms with Crippen molar-refractivity contribution in [3.8, 4) is 22.6 Å². The van der Waals surface area contributed by atoms with Gasteiger partial charge < -0.3 is 20.9 Å². The molecule has 0 aliphatic carbocycles. The first kappa shape index (κ1) is 20.9. The highest BCUT2D eigenvalue weighted by molar-refractivity contribution is 9.10. The van der Waals surface area contributed by atoms with Crippen LogP contribution in [0, 0.1) is 6.92 Å². The fourth-order valence-electron chi connectivity index (χ4n) is 3.02. The molecule has 0 bridgehead atoms. The number of hydrogen-bond acceptors (Lipinski definition) is 6. The van der Waals surface area contributed by atoms with Crippen LogP contribution in [-0.4, -0.2) is 23.2 Å². The van der Waals surface area contributed by atoms with Gasteiger partial charge in [-0.05, 0) is 54.3 Å². The van der Waals surface area contributed by atoms with Crippen molar-refractivity contribution in [1.82, 2.24) is 9.97 Å². The molecule has 152 valence electrons. The van der Waals surface area contributed by atoms with E-state index in [9.17, 15) is 0 Å². The van der Waals surface area contributed by atoms with Crippen molar-refractivity contribution in [2.45, 2.75) is 26.7 Å². The molecule has 3 aromatic rings. The molecule has 0 fully saturated rings. The topological polar surface area (TPSA) is 96.3 Å². The Kier molecular flexibility index (Phi) is 6.93. The van der Waals surface area contributed by atoms with Crippen LogP contribution in [0.25, 0.3) is 11.1 Å². The van der Waals surface area contributed by atoms with Gasteiger partial charge in [0.25, 0.3) is 0 Å². The zero-order valence-corrected chi connectivity index (χ0v) is 18.2. The molecule has 0 atom stereocenters. The molecule has 6 nitrogen and oxygen atoms in total. The Hall–Kier alpha value is -2.80. The molecular formula is C22H25BrN4O2.